The van der Waals surface area contributed by atoms with Crippen LogP contribution in [0.1, 0.15) is 5.56 Å². The summed E-state index contributed by atoms with van der Waals surface area (Å²) in [6.07, 6.45) is 3.18. The minimum absolute atomic E-state index is 0.275. The molecule has 3 aromatic rings. The van der Waals surface area contributed by atoms with E-state index in [1.54, 1.807) is 23.1 Å². The molecule has 1 aromatic heterocycles. The van der Waals surface area contributed by atoms with E-state index in [1.165, 1.54) is 6.33 Å². The van der Waals surface area contributed by atoms with Crippen LogP contribution in [-0.4, -0.2) is 19.9 Å². The second-order valence-electron chi connectivity index (χ2n) is 4.38. The molecule has 2 aromatic carbocycles. The molecule has 5 heteroatoms. The Hall–Kier alpha value is -2.82. The summed E-state index contributed by atoms with van der Waals surface area (Å²) < 4.78 is 1.72. The van der Waals surface area contributed by atoms with Crippen molar-refractivity contribution in [2.75, 3.05) is 5.32 Å². The molecule has 0 fully saturated rings. The van der Waals surface area contributed by atoms with Gasteiger partial charge in [0.1, 0.15) is 18.4 Å². The third-order valence-electron chi connectivity index (χ3n) is 2.99. The molecule has 0 saturated heterocycles. The first-order chi connectivity index (χ1) is 9.83. The van der Waals surface area contributed by atoms with E-state index in [-0.39, 0.29) is 5.75 Å². The lowest BCUT2D eigenvalue weighted by atomic mass is 10.2. The smallest absolute Gasteiger partial charge is 0.138 e. The van der Waals surface area contributed by atoms with E-state index in [4.69, 9.17) is 0 Å². The van der Waals surface area contributed by atoms with E-state index in [0.717, 1.165) is 16.9 Å². The Labute approximate surface area is 116 Å². The summed E-state index contributed by atoms with van der Waals surface area (Å²) in [4.78, 5) is 3.96. The number of para-hydroxylation sites is 2. The third kappa shape index (κ3) is 2.61. The summed E-state index contributed by atoms with van der Waals surface area (Å²) >= 11 is 0. The first kappa shape index (κ1) is 12.2. The predicted molar refractivity (Wildman–Crippen MR) is 76.8 cm³/mol. The van der Waals surface area contributed by atoms with Gasteiger partial charge in [-0.2, -0.15) is 5.10 Å². The average molecular weight is 266 g/mol. The number of benzene rings is 2. The number of nitrogens with one attached hydrogen (secondary N) is 1. The molecule has 0 aliphatic carbocycles. The molecular formula is C15H14N4O. The first-order valence-electron chi connectivity index (χ1n) is 6.29. The van der Waals surface area contributed by atoms with Crippen molar-refractivity contribution in [3.05, 3.63) is 66.7 Å². The summed E-state index contributed by atoms with van der Waals surface area (Å²) in [7, 11) is 0. The highest BCUT2D eigenvalue weighted by Gasteiger charge is 2.04. The Morgan fingerprint density at radius 3 is 2.60 bits per heavy atom. The van der Waals surface area contributed by atoms with Crippen LogP contribution in [0.3, 0.4) is 0 Å². The third-order valence-corrected chi connectivity index (χ3v) is 2.99. The maximum atomic E-state index is 9.27. The van der Waals surface area contributed by atoms with Crippen molar-refractivity contribution in [1.82, 2.24) is 14.8 Å². The van der Waals surface area contributed by atoms with Gasteiger partial charge in [-0.3, -0.25) is 0 Å². The summed E-state index contributed by atoms with van der Waals surface area (Å²) in [5, 5.41) is 16.8. The number of rotatable bonds is 4. The van der Waals surface area contributed by atoms with Gasteiger partial charge in [-0.1, -0.05) is 24.3 Å². The molecule has 0 unspecified atom stereocenters. The van der Waals surface area contributed by atoms with Crippen molar-refractivity contribution in [2.45, 2.75) is 6.54 Å². The van der Waals surface area contributed by atoms with Gasteiger partial charge in [-0.05, 0) is 29.8 Å². The quantitative estimate of drug-likeness (QED) is 0.762. The number of aromatic hydroxyl groups is 1. The number of nitrogens with zero attached hydrogens (tertiary/aromatic N) is 3. The van der Waals surface area contributed by atoms with Gasteiger partial charge in [-0.15, -0.1) is 0 Å². The van der Waals surface area contributed by atoms with Crippen LogP contribution in [0.5, 0.6) is 5.75 Å². The fourth-order valence-electron chi connectivity index (χ4n) is 1.97. The number of phenols is 1. The Kier molecular flexibility index (Phi) is 3.33. The van der Waals surface area contributed by atoms with E-state index in [0.29, 0.717) is 6.54 Å². The highest BCUT2D eigenvalue weighted by atomic mass is 16.3. The zero-order chi connectivity index (χ0) is 13.8. The van der Waals surface area contributed by atoms with E-state index in [1.807, 2.05) is 36.4 Å². The van der Waals surface area contributed by atoms with Crippen LogP contribution < -0.4 is 5.32 Å². The van der Waals surface area contributed by atoms with Crippen molar-refractivity contribution in [2.24, 2.45) is 0 Å². The normalized spacial score (nSPS) is 10.4. The van der Waals surface area contributed by atoms with Crippen molar-refractivity contribution < 1.29 is 5.11 Å². The van der Waals surface area contributed by atoms with Gasteiger partial charge in [0.15, 0.2) is 0 Å². The molecule has 5 nitrogen and oxygen atoms in total. The second kappa shape index (κ2) is 5.44. The van der Waals surface area contributed by atoms with Crippen LogP contribution in [0.15, 0.2) is 61.2 Å². The molecule has 3 rings (SSSR count). The topological polar surface area (TPSA) is 63.0 Å². The number of hydrogen-bond acceptors (Lipinski definition) is 4. The molecule has 0 aliphatic rings. The Morgan fingerprint density at radius 1 is 1.05 bits per heavy atom. The summed E-state index contributed by atoms with van der Waals surface area (Å²) in [6.45, 7) is 0.673. The van der Waals surface area contributed by atoms with Crippen LogP contribution in [0, 0.1) is 0 Å². The number of aromatic nitrogens is 3. The van der Waals surface area contributed by atoms with Gasteiger partial charge in [0.05, 0.1) is 11.4 Å². The monoisotopic (exact) mass is 266 g/mol. The molecule has 0 bridgehead atoms. The summed E-state index contributed by atoms with van der Waals surface area (Å²) in [5.74, 6) is 0.275. The van der Waals surface area contributed by atoms with Crippen molar-refractivity contribution >= 4 is 5.69 Å². The predicted octanol–water partition coefficient (Wildman–Crippen LogP) is 2.58. The van der Waals surface area contributed by atoms with Gasteiger partial charge < -0.3 is 10.4 Å². The molecule has 0 aliphatic heterocycles. The number of hydrogen-bond donors (Lipinski definition) is 2. The van der Waals surface area contributed by atoms with Crippen LogP contribution in [0.2, 0.25) is 0 Å². The molecule has 100 valence electrons. The lowest BCUT2D eigenvalue weighted by Crippen LogP contribution is -2.04. The molecule has 0 radical (unpaired) electrons. The fourth-order valence-corrected chi connectivity index (χ4v) is 1.97. The Bertz CT molecular complexity index is 677. The first-order valence-corrected chi connectivity index (χ1v) is 6.29. The lowest BCUT2D eigenvalue weighted by molar-refractivity contribution is 0.475. The summed E-state index contributed by atoms with van der Waals surface area (Å²) in [5.41, 5.74) is 3.02. The molecule has 20 heavy (non-hydrogen) atoms. The maximum Gasteiger partial charge on any atom is 0.138 e. The lowest BCUT2D eigenvalue weighted by Gasteiger charge is -2.11. The van der Waals surface area contributed by atoms with Crippen molar-refractivity contribution in [3.8, 4) is 11.4 Å². The van der Waals surface area contributed by atoms with Gasteiger partial charge in [0.25, 0.3) is 0 Å². The number of anilines is 1. The Morgan fingerprint density at radius 2 is 1.85 bits per heavy atom. The standard InChI is InChI=1S/C15H14N4O/c20-13-7-5-12(6-8-13)9-17-14-3-1-2-4-15(14)19-11-16-10-18-19/h1-8,10-11,17,20H,9H2. The fraction of sp³-hybridized carbons (Fsp3) is 0.0667. The van der Waals surface area contributed by atoms with Gasteiger partial charge >= 0.3 is 0 Å². The zero-order valence-corrected chi connectivity index (χ0v) is 10.8. The van der Waals surface area contributed by atoms with Gasteiger partial charge in [-0.25, -0.2) is 9.67 Å². The molecule has 1 heterocycles. The summed E-state index contributed by atoms with van der Waals surface area (Å²) in [6, 6.07) is 15.1. The highest BCUT2D eigenvalue weighted by molar-refractivity contribution is 5.60. The molecular weight excluding hydrogens is 252 g/mol. The highest BCUT2D eigenvalue weighted by Crippen LogP contribution is 2.20. The zero-order valence-electron chi connectivity index (χ0n) is 10.8. The maximum absolute atomic E-state index is 9.27. The van der Waals surface area contributed by atoms with Crippen molar-refractivity contribution in [3.63, 3.8) is 0 Å². The molecule has 0 saturated carbocycles. The van der Waals surface area contributed by atoms with E-state index in [9.17, 15) is 5.11 Å². The SMILES string of the molecule is Oc1ccc(CNc2ccccc2-n2cncn2)cc1. The Balaban J connectivity index is 1.79. The van der Waals surface area contributed by atoms with Crippen LogP contribution in [0.4, 0.5) is 5.69 Å². The molecule has 2 N–H and O–H groups in total. The van der Waals surface area contributed by atoms with Gasteiger partial charge in [0.2, 0.25) is 0 Å². The van der Waals surface area contributed by atoms with E-state index < -0.39 is 0 Å². The minimum atomic E-state index is 0.275. The number of phenolic OH excluding ortho intramolecular Hbond substituents is 1. The molecule has 0 amide bonds. The largest absolute Gasteiger partial charge is 0.508 e. The van der Waals surface area contributed by atoms with Crippen LogP contribution in [0.25, 0.3) is 5.69 Å². The van der Waals surface area contributed by atoms with Gasteiger partial charge in [0, 0.05) is 6.54 Å². The molecule has 0 atom stereocenters. The second-order valence-corrected chi connectivity index (χ2v) is 4.38. The van der Waals surface area contributed by atoms with Crippen molar-refractivity contribution in [1.29, 1.82) is 0 Å². The van der Waals surface area contributed by atoms with Crippen LogP contribution >= 0.6 is 0 Å². The minimum Gasteiger partial charge on any atom is -0.508 e. The average Bonchev–Trinajstić information content (AvgIpc) is 3.01. The molecule has 0 spiro atoms. The van der Waals surface area contributed by atoms with Crippen LogP contribution in [-0.2, 0) is 6.54 Å². The van der Waals surface area contributed by atoms with E-state index in [2.05, 4.69) is 15.4 Å². The van der Waals surface area contributed by atoms with E-state index >= 15 is 0 Å².